The number of aliphatic hydroxyl groups is 1. The number of fused-ring (bicyclic) bond motifs is 2. The van der Waals surface area contributed by atoms with Gasteiger partial charge >= 0.3 is 0 Å². The SMILES string of the molecule is C[C@@H](O)[C@H]1C(=O)N2C(C(=O)Cl)=C(S[C@@H]3CN[C@H](C(=O)NCc4n5ccsc5c[n+]4C)C3)[C@H](C)[C@H]12. The maximum Gasteiger partial charge on any atom is 0.281 e. The van der Waals surface area contributed by atoms with E-state index < -0.39 is 17.3 Å². The molecule has 0 radical (unpaired) electrons. The molecule has 2 fully saturated rings. The molecule has 2 aromatic rings. The van der Waals surface area contributed by atoms with Crippen LogP contribution in [0, 0.1) is 11.8 Å². The van der Waals surface area contributed by atoms with Gasteiger partial charge in [0.05, 0.1) is 31.2 Å². The Morgan fingerprint density at radius 2 is 2.24 bits per heavy atom. The van der Waals surface area contributed by atoms with Gasteiger partial charge in [-0.3, -0.25) is 14.4 Å². The Bertz CT molecular complexity index is 1210. The molecule has 0 spiro atoms. The zero-order valence-corrected chi connectivity index (χ0v) is 21.4. The predicted molar refractivity (Wildman–Crippen MR) is 129 cm³/mol. The summed E-state index contributed by atoms with van der Waals surface area (Å²) in [6.45, 7) is 4.59. The molecule has 182 valence electrons. The molecule has 5 rings (SSSR count). The minimum Gasteiger partial charge on any atom is -0.393 e. The highest BCUT2D eigenvalue weighted by molar-refractivity contribution is 8.03. The lowest BCUT2D eigenvalue weighted by Gasteiger charge is -2.46. The zero-order valence-electron chi connectivity index (χ0n) is 19.0. The number of nitrogens with one attached hydrogen (secondary N) is 2. The van der Waals surface area contributed by atoms with Crippen LogP contribution in [0.5, 0.6) is 0 Å². The lowest BCUT2D eigenvalue weighted by atomic mass is 9.79. The highest BCUT2D eigenvalue weighted by Crippen LogP contribution is 2.52. The van der Waals surface area contributed by atoms with E-state index in [1.165, 1.54) is 16.7 Å². The number of aromatic nitrogens is 2. The third kappa shape index (κ3) is 3.78. The average molecular weight is 525 g/mol. The number of aliphatic hydroxyl groups excluding tert-OH is 1. The molecule has 0 bridgehead atoms. The molecule has 0 aliphatic carbocycles. The molecule has 3 N–H and O–H groups in total. The monoisotopic (exact) mass is 524 g/mol. The summed E-state index contributed by atoms with van der Waals surface area (Å²) in [4.78, 5) is 41.0. The molecule has 3 aliphatic heterocycles. The number of hydrogen-bond donors (Lipinski definition) is 3. The van der Waals surface area contributed by atoms with Crippen LogP contribution in [0.2, 0.25) is 0 Å². The summed E-state index contributed by atoms with van der Waals surface area (Å²) in [6.07, 6.45) is 3.84. The number of hydrogen-bond acceptors (Lipinski definition) is 7. The van der Waals surface area contributed by atoms with Crippen LogP contribution in [0.4, 0.5) is 0 Å². The first kappa shape index (κ1) is 23.8. The van der Waals surface area contributed by atoms with Crippen molar-refractivity contribution < 1.29 is 24.1 Å². The van der Waals surface area contributed by atoms with Crippen molar-refractivity contribution in [2.75, 3.05) is 6.54 Å². The lowest BCUT2D eigenvalue weighted by molar-refractivity contribution is -0.678. The van der Waals surface area contributed by atoms with Crippen LogP contribution in [0.3, 0.4) is 0 Å². The Morgan fingerprint density at radius 1 is 1.47 bits per heavy atom. The summed E-state index contributed by atoms with van der Waals surface area (Å²) in [6, 6.07) is -0.588. The standard InChI is InChI=1S/C22H26ClN5O4S2/c1-10-17-16(11(2)29)22(32)28(17)18(20(23)30)19(10)34-12-6-13(24-7-12)21(31)25-8-14-26(3)9-15-27(14)4-5-33-15/h4-5,9-13,16-17,24,29H,6-8H2,1-3H3/p+1/t10-,11-,12+,13+,16-,17-/m1/s1. The van der Waals surface area contributed by atoms with E-state index in [-0.39, 0.29) is 40.8 Å². The molecular formula is C22H27ClN5O4S2+. The topological polar surface area (TPSA) is 107 Å². The quantitative estimate of drug-likeness (QED) is 0.280. The summed E-state index contributed by atoms with van der Waals surface area (Å²) in [5.41, 5.74) is 0.236. The minimum absolute atomic E-state index is 0.0611. The van der Waals surface area contributed by atoms with Gasteiger partial charge in [0, 0.05) is 28.0 Å². The first-order chi connectivity index (χ1) is 16.2. The van der Waals surface area contributed by atoms with Crippen LogP contribution >= 0.6 is 34.7 Å². The second-order valence-corrected chi connectivity index (χ2v) is 11.8. The van der Waals surface area contributed by atoms with Crippen molar-refractivity contribution in [1.29, 1.82) is 0 Å². The van der Waals surface area contributed by atoms with Gasteiger partial charge in [-0.05, 0) is 24.9 Å². The number of β-lactam (4-membered cyclic amide) rings is 1. The summed E-state index contributed by atoms with van der Waals surface area (Å²) in [5.74, 6) is 0.0420. The first-order valence-electron chi connectivity index (χ1n) is 11.2. The van der Waals surface area contributed by atoms with E-state index >= 15 is 0 Å². The molecule has 3 aliphatic rings. The second-order valence-electron chi connectivity index (χ2n) is 9.16. The number of amides is 2. The number of halogens is 1. The average Bonchev–Trinajstić information content (AvgIpc) is 3.51. The molecule has 9 nitrogen and oxygen atoms in total. The van der Waals surface area contributed by atoms with E-state index in [9.17, 15) is 19.5 Å². The van der Waals surface area contributed by atoms with Gasteiger partial charge in [0.25, 0.3) is 11.1 Å². The van der Waals surface area contributed by atoms with Crippen molar-refractivity contribution in [2.24, 2.45) is 18.9 Å². The normalized spacial score (nSPS) is 29.5. The van der Waals surface area contributed by atoms with Crippen molar-refractivity contribution in [3.63, 3.8) is 0 Å². The molecule has 6 atom stereocenters. The Labute approximate surface area is 210 Å². The highest BCUT2D eigenvalue weighted by Gasteiger charge is 2.59. The maximum absolute atomic E-state index is 12.9. The van der Waals surface area contributed by atoms with Crippen LogP contribution < -0.4 is 15.2 Å². The molecule has 0 saturated carbocycles. The van der Waals surface area contributed by atoms with Gasteiger partial charge in [0.15, 0.2) is 0 Å². The first-order valence-corrected chi connectivity index (χ1v) is 13.4. The van der Waals surface area contributed by atoms with Crippen molar-refractivity contribution in [2.45, 2.75) is 50.3 Å². The van der Waals surface area contributed by atoms with Gasteiger partial charge in [0.1, 0.15) is 24.6 Å². The fourth-order valence-electron chi connectivity index (χ4n) is 5.34. The fraction of sp³-hybridized carbons (Fsp3) is 0.545. The van der Waals surface area contributed by atoms with Gasteiger partial charge in [0.2, 0.25) is 16.6 Å². The van der Waals surface area contributed by atoms with E-state index in [4.69, 9.17) is 11.6 Å². The summed E-state index contributed by atoms with van der Waals surface area (Å²) in [5, 5.41) is 17.8. The molecule has 2 saturated heterocycles. The Hall–Kier alpha value is -1.92. The second kappa shape index (κ2) is 8.94. The molecule has 12 heteroatoms. The largest absolute Gasteiger partial charge is 0.393 e. The Balaban J connectivity index is 1.23. The number of thiazole rings is 1. The van der Waals surface area contributed by atoms with Gasteiger partial charge in [-0.25, -0.2) is 4.57 Å². The van der Waals surface area contributed by atoms with Crippen LogP contribution in [-0.2, 0) is 28.0 Å². The molecule has 5 heterocycles. The van der Waals surface area contributed by atoms with E-state index in [1.807, 2.05) is 36.3 Å². The molecule has 2 aromatic heterocycles. The Kier molecular flexibility index (Phi) is 6.26. The third-order valence-corrected chi connectivity index (χ3v) is 9.53. The third-order valence-electron chi connectivity index (χ3n) is 7.04. The van der Waals surface area contributed by atoms with E-state index in [0.717, 1.165) is 15.6 Å². The van der Waals surface area contributed by atoms with Gasteiger partial charge < -0.3 is 20.6 Å². The zero-order chi connectivity index (χ0) is 24.3. The fourth-order valence-corrected chi connectivity index (χ4v) is 7.89. The molecule has 2 amide bonds. The van der Waals surface area contributed by atoms with Crippen molar-refractivity contribution >= 4 is 56.6 Å². The van der Waals surface area contributed by atoms with Crippen molar-refractivity contribution in [3.8, 4) is 0 Å². The predicted octanol–water partition coefficient (Wildman–Crippen LogP) is 0.740. The molecule has 0 aromatic carbocycles. The van der Waals surface area contributed by atoms with E-state index in [0.29, 0.717) is 19.5 Å². The number of nitrogens with zero attached hydrogens (tertiary/aromatic N) is 3. The number of carbonyl (C=O) groups excluding carboxylic acids is 3. The van der Waals surface area contributed by atoms with Crippen LogP contribution in [0.25, 0.3) is 4.83 Å². The number of aryl methyl sites for hydroxylation is 1. The summed E-state index contributed by atoms with van der Waals surface area (Å²) in [7, 11) is 1.96. The Morgan fingerprint density at radius 3 is 2.94 bits per heavy atom. The minimum atomic E-state index is -0.786. The molecule has 0 unspecified atom stereocenters. The van der Waals surface area contributed by atoms with Crippen molar-refractivity contribution in [1.82, 2.24) is 19.9 Å². The highest BCUT2D eigenvalue weighted by atomic mass is 35.5. The van der Waals surface area contributed by atoms with Crippen LogP contribution in [0.15, 0.2) is 28.4 Å². The molecule has 34 heavy (non-hydrogen) atoms. The number of imidazole rings is 1. The van der Waals surface area contributed by atoms with Gasteiger partial charge in [-0.2, -0.15) is 4.40 Å². The van der Waals surface area contributed by atoms with Gasteiger partial charge in [-0.15, -0.1) is 11.8 Å². The van der Waals surface area contributed by atoms with Crippen LogP contribution in [-0.4, -0.2) is 61.4 Å². The maximum atomic E-state index is 12.9. The van der Waals surface area contributed by atoms with Crippen LogP contribution in [0.1, 0.15) is 26.1 Å². The molecular weight excluding hydrogens is 498 g/mol. The van der Waals surface area contributed by atoms with E-state index in [1.54, 1.807) is 18.3 Å². The van der Waals surface area contributed by atoms with E-state index in [2.05, 4.69) is 15.0 Å². The smallest absolute Gasteiger partial charge is 0.281 e. The van der Waals surface area contributed by atoms with Gasteiger partial charge in [-0.1, -0.05) is 18.3 Å². The summed E-state index contributed by atoms with van der Waals surface area (Å²) >= 11 is 9.04. The number of allylic oxidation sites excluding steroid dienone is 1. The number of carbonyl (C=O) groups is 3. The number of thioether (sulfide) groups is 1. The summed E-state index contributed by atoms with van der Waals surface area (Å²) < 4.78 is 4.08. The lowest BCUT2D eigenvalue weighted by Crippen LogP contribution is -2.63. The van der Waals surface area contributed by atoms with Crippen molar-refractivity contribution in [3.05, 3.63) is 34.2 Å². The number of rotatable bonds is 7.